The molecule has 0 radical (unpaired) electrons. The molecule has 0 bridgehead atoms. The molecule has 0 saturated carbocycles. The van der Waals surface area contributed by atoms with Crippen molar-refractivity contribution in [1.82, 2.24) is 5.32 Å². The van der Waals surface area contributed by atoms with E-state index >= 15 is 0 Å². The molecule has 0 aliphatic heterocycles. The molecule has 2 rings (SSSR count). The Kier molecular flexibility index (Phi) is 8.29. The van der Waals surface area contributed by atoms with Gasteiger partial charge in [0, 0.05) is 0 Å². The zero-order valence-corrected chi connectivity index (χ0v) is 20.6. The van der Waals surface area contributed by atoms with Gasteiger partial charge in [-0.15, -0.1) is 0 Å². The van der Waals surface area contributed by atoms with E-state index in [1.54, 1.807) is 14.0 Å². The molecule has 2 aromatic rings. The van der Waals surface area contributed by atoms with Gasteiger partial charge in [0.2, 0.25) is 15.9 Å². The molecule has 32 heavy (non-hydrogen) atoms. The van der Waals surface area contributed by atoms with E-state index < -0.39 is 27.8 Å². The van der Waals surface area contributed by atoms with Crippen LogP contribution in [0.25, 0.3) is 0 Å². The molecule has 0 unspecified atom stereocenters. The molecule has 0 fully saturated rings. The SMILES string of the molecule is CC[C@@H](C(=O)N[C@H](C)c1cc(C(C)C)c(OC)cc1C)N(c1ccc(F)cc1)S(C)(=O)=O. The second-order valence-electron chi connectivity index (χ2n) is 8.30. The maximum atomic E-state index is 13.4. The lowest BCUT2D eigenvalue weighted by molar-refractivity contribution is -0.122. The summed E-state index contributed by atoms with van der Waals surface area (Å²) in [7, 11) is -2.16. The molecule has 1 amide bonds. The highest BCUT2D eigenvalue weighted by atomic mass is 32.2. The fourth-order valence-corrected chi connectivity index (χ4v) is 5.06. The number of nitrogens with zero attached hydrogens (tertiary/aromatic N) is 1. The molecule has 1 N–H and O–H groups in total. The number of amides is 1. The quantitative estimate of drug-likeness (QED) is 0.584. The van der Waals surface area contributed by atoms with Crippen molar-refractivity contribution in [2.45, 2.75) is 59.0 Å². The first-order chi connectivity index (χ1) is 14.9. The maximum absolute atomic E-state index is 13.4. The molecule has 0 aromatic heterocycles. The van der Waals surface area contributed by atoms with E-state index in [0.29, 0.717) is 0 Å². The number of carbonyl (C=O) groups is 1. The molecule has 6 nitrogen and oxygen atoms in total. The van der Waals surface area contributed by atoms with Gasteiger partial charge in [0.1, 0.15) is 17.6 Å². The molecule has 0 aliphatic rings. The summed E-state index contributed by atoms with van der Waals surface area (Å²) in [5.74, 6) is 0.126. The lowest BCUT2D eigenvalue weighted by Crippen LogP contribution is -2.49. The van der Waals surface area contributed by atoms with Crippen molar-refractivity contribution in [3.8, 4) is 5.75 Å². The van der Waals surface area contributed by atoms with Gasteiger partial charge in [0.15, 0.2) is 0 Å². The summed E-state index contributed by atoms with van der Waals surface area (Å²) >= 11 is 0. The van der Waals surface area contributed by atoms with E-state index in [4.69, 9.17) is 4.74 Å². The Balaban J connectivity index is 2.38. The second-order valence-corrected chi connectivity index (χ2v) is 10.2. The average molecular weight is 465 g/mol. The fourth-order valence-electron chi connectivity index (χ4n) is 3.85. The molecule has 2 aromatic carbocycles. The van der Waals surface area contributed by atoms with Gasteiger partial charge in [-0.1, -0.05) is 20.8 Å². The lowest BCUT2D eigenvalue weighted by Gasteiger charge is -2.31. The topological polar surface area (TPSA) is 75.7 Å². The number of ether oxygens (including phenoxy) is 1. The highest BCUT2D eigenvalue weighted by Crippen LogP contribution is 2.32. The van der Waals surface area contributed by atoms with Gasteiger partial charge in [0.05, 0.1) is 25.1 Å². The number of aryl methyl sites for hydroxylation is 1. The van der Waals surface area contributed by atoms with E-state index in [1.165, 1.54) is 24.3 Å². The smallest absolute Gasteiger partial charge is 0.244 e. The number of rotatable bonds is 9. The highest BCUT2D eigenvalue weighted by Gasteiger charge is 2.32. The third kappa shape index (κ3) is 5.79. The van der Waals surface area contributed by atoms with Gasteiger partial charge in [0.25, 0.3) is 0 Å². The van der Waals surface area contributed by atoms with Crippen molar-refractivity contribution in [3.63, 3.8) is 0 Å². The maximum Gasteiger partial charge on any atom is 0.244 e. The molecule has 0 spiro atoms. The van der Waals surface area contributed by atoms with Crippen molar-refractivity contribution < 1.29 is 22.3 Å². The summed E-state index contributed by atoms with van der Waals surface area (Å²) in [6.45, 7) is 9.70. The first-order valence-electron chi connectivity index (χ1n) is 10.6. The number of hydrogen-bond donors (Lipinski definition) is 1. The summed E-state index contributed by atoms with van der Waals surface area (Å²) in [5.41, 5.74) is 3.17. The van der Waals surface area contributed by atoms with Crippen LogP contribution in [0.5, 0.6) is 5.75 Å². The predicted molar refractivity (Wildman–Crippen MR) is 126 cm³/mol. The third-order valence-electron chi connectivity index (χ3n) is 5.48. The van der Waals surface area contributed by atoms with Gasteiger partial charge in [-0.05, 0) is 79.3 Å². The summed E-state index contributed by atoms with van der Waals surface area (Å²) < 4.78 is 45.0. The number of benzene rings is 2. The molecule has 0 aliphatic carbocycles. The minimum atomic E-state index is -3.79. The molecular formula is C24H33FN2O4S. The number of hydrogen-bond acceptors (Lipinski definition) is 4. The minimum absolute atomic E-state index is 0.231. The highest BCUT2D eigenvalue weighted by molar-refractivity contribution is 7.92. The van der Waals surface area contributed by atoms with Crippen molar-refractivity contribution in [2.24, 2.45) is 0 Å². The number of sulfonamides is 1. The van der Waals surface area contributed by atoms with Crippen LogP contribution in [0, 0.1) is 12.7 Å². The van der Waals surface area contributed by atoms with Gasteiger partial charge in [-0.25, -0.2) is 12.8 Å². The molecule has 176 valence electrons. The predicted octanol–water partition coefficient (Wildman–Crippen LogP) is 4.69. The average Bonchev–Trinajstić information content (AvgIpc) is 2.71. The molecule has 8 heteroatoms. The van der Waals surface area contributed by atoms with Gasteiger partial charge in [-0.2, -0.15) is 0 Å². The van der Waals surface area contributed by atoms with Crippen LogP contribution in [0.2, 0.25) is 0 Å². The van der Waals surface area contributed by atoms with Crippen molar-refractivity contribution in [2.75, 3.05) is 17.7 Å². The van der Waals surface area contributed by atoms with E-state index in [1.807, 2.05) is 26.0 Å². The Bertz CT molecular complexity index is 1050. The zero-order valence-electron chi connectivity index (χ0n) is 19.8. The Hall–Kier alpha value is -2.61. The zero-order chi connectivity index (χ0) is 24.2. The van der Waals surface area contributed by atoms with Gasteiger partial charge in [-0.3, -0.25) is 9.10 Å². The third-order valence-corrected chi connectivity index (χ3v) is 6.66. The largest absolute Gasteiger partial charge is 0.496 e. The standard InChI is InChI=1S/C24H33FN2O4S/c1-8-22(27(32(7,29)30)19-11-9-18(25)10-12-19)24(28)26-17(5)21-14-20(15(2)3)23(31-6)13-16(21)4/h9-15,17,22H,8H2,1-7H3,(H,26,28)/t17-,22+/m1/s1. The van der Waals surface area contributed by atoms with Crippen LogP contribution in [0.1, 0.15) is 62.8 Å². The first kappa shape index (κ1) is 25.6. The molecule has 2 atom stereocenters. The normalized spacial score (nSPS) is 13.5. The second kappa shape index (κ2) is 10.3. The van der Waals surface area contributed by atoms with Crippen LogP contribution in [0.15, 0.2) is 36.4 Å². The summed E-state index contributed by atoms with van der Waals surface area (Å²) in [6, 6.07) is 7.72. The first-order valence-corrected chi connectivity index (χ1v) is 12.5. The lowest BCUT2D eigenvalue weighted by atomic mass is 9.93. The summed E-state index contributed by atoms with van der Waals surface area (Å²) in [6.07, 6.45) is 1.29. The van der Waals surface area contributed by atoms with E-state index in [9.17, 15) is 17.6 Å². The monoisotopic (exact) mass is 464 g/mol. The molecular weight excluding hydrogens is 431 g/mol. The van der Waals surface area contributed by atoms with E-state index in [0.717, 1.165) is 33.0 Å². The van der Waals surface area contributed by atoms with E-state index in [-0.39, 0.29) is 24.1 Å². The summed E-state index contributed by atoms with van der Waals surface area (Å²) in [4.78, 5) is 13.2. The van der Waals surface area contributed by atoms with Crippen LogP contribution in [-0.2, 0) is 14.8 Å². The van der Waals surface area contributed by atoms with Gasteiger partial charge >= 0.3 is 0 Å². The number of halogens is 1. The number of nitrogens with one attached hydrogen (secondary N) is 1. The number of anilines is 1. The van der Waals surface area contributed by atoms with Crippen molar-refractivity contribution in [1.29, 1.82) is 0 Å². The van der Waals surface area contributed by atoms with Crippen molar-refractivity contribution >= 4 is 21.6 Å². The van der Waals surface area contributed by atoms with Crippen LogP contribution in [0.4, 0.5) is 10.1 Å². The van der Waals surface area contributed by atoms with Crippen LogP contribution in [0.3, 0.4) is 0 Å². The van der Waals surface area contributed by atoms with Crippen LogP contribution in [-0.4, -0.2) is 33.7 Å². The Labute approximate surface area is 190 Å². The van der Waals surface area contributed by atoms with Crippen molar-refractivity contribution in [3.05, 3.63) is 58.9 Å². The summed E-state index contributed by atoms with van der Waals surface area (Å²) in [5, 5.41) is 2.97. The number of methoxy groups -OCH3 is 1. The fraction of sp³-hybridized carbons (Fsp3) is 0.458. The Morgan fingerprint density at radius 3 is 2.19 bits per heavy atom. The van der Waals surface area contributed by atoms with E-state index in [2.05, 4.69) is 19.2 Å². The number of carbonyl (C=O) groups excluding carboxylic acids is 1. The Morgan fingerprint density at radius 1 is 1.12 bits per heavy atom. The molecule has 0 heterocycles. The molecule has 0 saturated heterocycles. The minimum Gasteiger partial charge on any atom is -0.496 e. The van der Waals surface area contributed by atoms with Gasteiger partial charge < -0.3 is 10.1 Å². The Morgan fingerprint density at radius 2 is 1.72 bits per heavy atom. The van der Waals surface area contributed by atoms with Crippen LogP contribution >= 0.6 is 0 Å². The van der Waals surface area contributed by atoms with Crippen LogP contribution < -0.4 is 14.4 Å².